The van der Waals surface area contributed by atoms with Gasteiger partial charge in [0, 0.05) is 21.9 Å². The molecular weight excluding hydrogens is 391 g/mol. The molecular formula is C18H10BrFN2O3. The highest BCUT2D eigenvalue weighted by molar-refractivity contribution is 9.10. The Labute approximate surface area is 150 Å². The molecule has 0 spiro atoms. The summed E-state index contributed by atoms with van der Waals surface area (Å²) in [7, 11) is 0. The van der Waals surface area contributed by atoms with Crippen molar-refractivity contribution in [2.24, 2.45) is 0 Å². The molecule has 124 valence electrons. The molecule has 2 aromatic rings. The van der Waals surface area contributed by atoms with Crippen LogP contribution in [0.2, 0.25) is 0 Å². The first-order valence-corrected chi connectivity index (χ1v) is 8.30. The summed E-state index contributed by atoms with van der Waals surface area (Å²) in [5, 5.41) is 0.349. The van der Waals surface area contributed by atoms with E-state index in [1.165, 1.54) is 18.2 Å². The molecule has 4 rings (SSSR count). The van der Waals surface area contributed by atoms with Gasteiger partial charge in [0.2, 0.25) is 0 Å². The van der Waals surface area contributed by atoms with Gasteiger partial charge in [0.15, 0.2) is 5.78 Å². The molecule has 1 aromatic carbocycles. The summed E-state index contributed by atoms with van der Waals surface area (Å²) in [6.45, 7) is -0.0619. The maximum absolute atomic E-state index is 13.8. The Bertz CT molecular complexity index is 1040. The van der Waals surface area contributed by atoms with Crippen LogP contribution in [0.5, 0.6) is 0 Å². The monoisotopic (exact) mass is 400 g/mol. The zero-order valence-corrected chi connectivity index (χ0v) is 14.3. The fraction of sp³-hybridized carbons (Fsp3) is 0.111. The second-order valence-electron chi connectivity index (χ2n) is 5.77. The zero-order valence-electron chi connectivity index (χ0n) is 12.8. The molecule has 25 heavy (non-hydrogen) atoms. The third-order valence-corrected chi connectivity index (χ3v) is 4.88. The van der Waals surface area contributed by atoms with Crippen molar-refractivity contribution in [1.29, 1.82) is 0 Å². The number of nitrogens with zero attached hydrogens (tertiary/aromatic N) is 2. The van der Waals surface area contributed by atoms with Crippen LogP contribution in [0, 0.1) is 5.82 Å². The van der Waals surface area contributed by atoms with Crippen LogP contribution < -0.4 is 0 Å². The van der Waals surface area contributed by atoms with E-state index in [0.29, 0.717) is 21.1 Å². The second-order valence-corrected chi connectivity index (χ2v) is 6.62. The number of halogens is 2. The number of pyridine rings is 1. The van der Waals surface area contributed by atoms with Crippen molar-refractivity contribution in [3.05, 3.63) is 63.5 Å². The standard InChI is InChI=1S/C18H10BrFN2O3/c19-13-7-12-14(20)2-1-3-15(12)21-16(13)8-22-17(24)10-5-4-9(23)6-11(10)18(22)25/h1-3,5-7H,4,8H2. The maximum atomic E-state index is 13.8. The number of carbonyl (C=O) groups excluding carboxylic acids is 3. The lowest BCUT2D eigenvalue weighted by Gasteiger charge is -2.14. The van der Waals surface area contributed by atoms with Crippen LogP contribution in [0.3, 0.4) is 0 Å². The fourth-order valence-corrected chi connectivity index (χ4v) is 3.39. The molecule has 1 aliphatic carbocycles. The van der Waals surface area contributed by atoms with Crippen molar-refractivity contribution in [3.8, 4) is 0 Å². The van der Waals surface area contributed by atoms with Crippen LogP contribution >= 0.6 is 15.9 Å². The molecule has 7 heteroatoms. The van der Waals surface area contributed by atoms with E-state index < -0.39 is 17.6 Å². The van der Waals surface area contributed by atoms with Gasteiger partial charge < -0.3 is 0 Å². The fourth-order valence-electron chi connectivity index (χ4n) is 2.95. The average molecular weight is 401 g/mol. The molecule has 0 unspecified atom stereocenters. The molecule has 1 aromatic heterocycles. The van der Waals surface area contributed by atoms with Gasteiger partial charge in [0.1, 0.15) is 5.82 Å². The van der Waals surface area contributed by atoms with Gasteiger partial charge in [-0.15, -0.1) is 0 Å². The number of imide groups is 1. The molecule has 0 radical (unpaired) electrons. The summed E-state index contributed by atoms with van der Waals surface area (Å²) in [6, 6.07) is 6.12. The van der Waals surface area contributed by atoms with Crippen LogP contribution in [0.25, 0.3) is 10.9 Å². The first kappa shape index (κ1) is 15.8. The molecule has 2 aliphatic rings. The minimum Gasteiger partial charge on any atom is -0.294 e. The number of hydrogen-bond donors (Lipinski definition) is 0. The summed E-state index contributed by atoms with van der Waals surface area (Å²) in [4.78, 5) is 41.9. The quantitative estimate of drug-likeness (QED) is 0.726. The van der Waals surface area contributed by atoms with E-state index in [-0.39, 0.29) is 29.9 Å². The molecule has 0 saturated carbocycles. The Hall–Kier alpha value is -2.67. The molecule has 2 heterocycles. The number of hydrogen-bond acceptors (Lipinski definition) is 4. The Morgan fingerprint density at radius 1 is 1.16 bits per heavy atom. The van der Waals surface area contributed by atoms with E-state index in [4.69, 9.17) is 0 Å². The third-order valence-electron chi connectivity index (χ3n) is 4.19. The first-order chi connectivity index (χ1) is 12.0. The summed E-state index contributed by atoms with van der Waals surface area (Å²) >= 11 is 3.32. The van der Waals surface area contributed by atoms with Crippen molar-refractivity contribution in [3.63, 3.8) is 0 Å². The van der Waals surface area contributed by atoms with E-state index in [0.717, 1.165) is 4.90 Å². The first-order valence-electron chi connectivity index (χ1n) is 7.50. The molecule has 1 fully saturated rings. The van der Waals surface area contributed by atoms with Crippen molar-refractivity contribution in [2.45, 2.75) is 13.0 Å². The van der Waals surface area contributed by atoms with Crippen LogP contribution in [-0.2, 0) is 20.9 Å². The summed E-state index contributed by atoms with van der Waals surface area (Å²) in [6.07, 6.45) is 2.81. The van der Waals surface area contributed by atoms with Gasteiger partial charge in [-0.3, -0.25) is 19.3 Å². The zero-order chi connectivity index (χ0) is 17.7. The van der Waals surface area contributed by atoms with Gasteiger partial charge in [0.05, 0.1) is 23.3 Å². The highest BCUT2D eigenvalue weighted by Gasteiger charge is 2.40. The van der Waals surface area contributed by atoms with E-state index >= 15 is 0 Å². The Balaban J connectivity index is 1.73. The Morgan fingerprint density at radius 2 is 1.92 bits per heavy atom. The van der Waals surface area contributed by atoms with Crippen molar-refractivity contribution in [2.75, 3.05) is 0 Å². The Morgan fingerprint density at radius 3 is 2.72 bits per heavy atom. The molecule has 1 aliphatic heterocycles. The number of rotatable bonds is 2. The van der Waals surface area contributed by atoms with Gasteiger partial charge >= 0.3 is 0 Å². The van der Waals surface area contributed by atoms with Gasteiger partial charge in [-0.25, -0.2) is 9.37 Å². The maximum Gasteiger partial charge on any atom is 0.262 e. The topological polar surface area (TPSA) is 67.3 Å². The minimum absolute atomic E-state index is 0.0619. The lowest BCUT2D eigenvalue weighted by Crippen LogP contribution is -2.29. The number of ketones is 1. The summed E-state index contributed by atoms with van der Waals surface area (Å²) in [5.74, 6) is -1.57. The molecule has 1 saturated heterocycles. The van der Waals surface area contributed by atoms with Crippen molar-refractivity contribution in [1.82, 2.24) is 9.88 Å². The number of likely N-dealkylation sites (tertiary alicyclic amines) is 1. The van der Waals surface area contributed by atoms with Gasteiger partial charge in [-0.2, -0.15) is 0 Å². The highest BCUT2D eigenvalue weighted by Crippen LogP contribution is 2.31. The van der Waals surface area contributed by atoms with Crippen LogP contribution in [0.1, 0.15) is 12.1 Å². The van der Waals surface area contributed by atoms with E-state index in [9.17, 15) is 18.8 Å². The number of benzene rings is 1. The predicted molar refractivity (Wildman–Crippen MR) is 90.7 cm³/mol. The third kappa shape index (κ3) is 2.51. The predicted octanol–water partition coefficient (Wildman–Crippen LogP) is 2.83. The number of allylic oxidation sites excluding steroid dienone is 2. The van der Waals surface area contributed by atoms with E-state index in [1.807, 2.05) is 0 Å². The lowest BCUT2D eigenvalue weighted by atomic mass is 9.99. The summed E-state index contributed by atoms with van der Waals surface area (Å²) in [5.41, 5.74) is 1.26. The highest BCUT2D eigenvalue weighted by atomic mass is 79.9. The molecule has 2 amide bonds. The number of aromatic nitrogens is 1. The second kappa shape index (κ2) is 5.70. The number of amides is 2. The summed E-state index contributed by atoms with van der Waals surface area (Å²) < 4.78 is 14.3. The number of fused-ring (bicyclic) bond motifs is 2. The average Bonchev–Trinajstić information content (AvgIpc) is 2.81. The number of carbonyl (C=O) groups is 3. The lowest BCUT2D eigenvalue weighted by molar-refractivity contribution is -0.137. The van der Waals surface area contributed by atoms with E-state index in [1.54, 1.807) is 18.2 Å². The molecule has 5 nitrogen and oxygen atoms in total. The van der Waals surface area contributed by atoms with Crippen LogP contribution in [0.4, 0.5) is 4.39 Å². The Kier molecular flexibility index (Phi) is 3.61. The van der Waals surface area contributed by atoms with Gasteiger partial charge in [-0.05, 0) is 40.2 Å². The van der Waals surface area contributed by atoms with Gasteiger partial charge in [-0.1, -0.05) is 12.1 Å². The van der Waals surface area contributed by atoms with Crippen LogP contribution in [0.15, 0.2) is 52.0 Å². The smallest absolute Gasteiger partial charge is 0.262 e. The largest absolute Gasteiger partial charge is 0.294 e. The molecule has 0 N–H and O–H groups in total. The SMILES string of the molecule is O=C1C=C2C(=O)N(Cc3nc4cccc(F)c4cc3Br)C(=O)C2=CC1. The molecule has 0 bridgehead atoms. The normalized spacial score (nSPS) is 17.0. The van der Waals surface area contributed by atoms with Crippen molar-refractivity contribution < 1.29 is 18.8 Å². The van der Waals surface area contributed by atoms with E-state index in [2.05, 4.69) is 20.9 Å². The van der Waals surface area contributed by atoms with Crippen LogP contribution in [-0.4, -0.2) is 27.5 Å². The minimum atomic E-state index is -0.516. The molecule has 0 atom stereocenters. The van der Waals surface area contributed by atoms with Crippen molar-refractivity contribution >= 4 is 44.4 Å². The van der Waals surface area contributed by atoms with Gasteiger partial charge in [0.25, 0.3) is 11.8 Å².